The minimum absolute atomic E-state index is 0.325. The predicted molar refractivity (Wildman–Crippen MR) is 67.2 cm³/mol. The van der Waals surface area contributed by atoms with Crippen molar-refractivity contribution >= 4 is 5.97 Å². The van der Waals surface area contributed by atoms with Crippen molar-refractivity contribution in [2.24, 2.45) is 5.73 Å². The molecule has 1 aromatic carbocycles. The molecule has 3 heteroatoms. The third-order valence-corrected chi connectivity index (χ3v) is 4.03. The van der Waals surface area contributed by atoms with Crippen molar-refractivity contribution in [2.45, 2.75) is 45.1 Å². The van der Waals surface area contributed by atoms with E-state index in [1.165, 1.54) is 11.1 Å². The van der Waals surface area contributed by atoms with Gasteiger partial charge in [-0.2, -0.15) is 0 Å². The van der Waals surface area contributed by atoms with Crippen LogP contribution in [-0.4, -0.2) is 17.1 Å². The van der Waals surface area contributed by atoms with Crippen LogP contribution in [0.2, 0.25) is 0 Å². The molecule has 3 nitrogen and oxygen atoms in total. The van der Waals surface area contributed by atoms with E-state index < -0.39 is 12.0 Å². The molecule has 0 spiro atoms. The van der Waals surface area contributed by atoms with Crippen molar-refractivity contribution < 1.29 is 9.90 Å². The van der Waals surface area contributed by atoms with E-state index >= 15 is 0 Å². The highest BCUT2D eigenvalue weighted by Gasteiger charge is 2.53. The molecular formula is C14H19NO2. The fourth-order valence-corrected chi connectivity index (χ4v) is 2.62. The molecule has 92 valence electrons. The number of carboxylic acids is 1. The Bertz CT molecular complexity index is 475. The molecule has 1 aliphatic carbocycles. The Morgan fingerprint density at radius 2 is 1.76 bits per heavy atom. The summed E-state index contributed by atoms with van der Waals surface area (Å²) in [4.78, 5) is 11.1. The van der Waals surface area contributed by atoms with E-state index in [1.807, 2.05) is 6.92 Å². The molecule has 2 rings (SSSR count). The van der Waals surface area contributed by atoms with Crippen molar-refractivity contribution in [3.63, 3.8) is 0 Å². The number of nitrogens with two attached hydrogens (primary N) is 1. The van der Waals surface area contributed by atoms with Crippen LogP contribution >= 0.6 is 0 Å². The summed E-state index contributed by atoms with van der Waals surface area (Å²) in [6, 6.07) is 3.45. The standard InChI is InChI=1S/C14H19NO2/c1-8-6-10(3)11(7-9(8)2)14(4-5-14)12(15)13(16)17/h6-7,12H,4-5,15H2,1-3H3,(H,16,17). The second-order valence-electron chi connectivity index (χ2n) is 5.22. The molecule has 1 unspecified atom stereocenters. The van der Waals surface area contributed by atoms with Gasteiger partial charge in [0, 0.05) is 5.41 Å². The zero-order valence-electron chi connectivity index (χ0n) is 10.6. The number of aryl methyl sites for hydroxylation is 3. The number of rotatable bonds is 3. The summed E-state index contributed by atoms with van der Waals surface area (Å²) in [5, 5.41) is 9.11. The summed E-state index contributed by atoms with van der Waals surface area (Å²) in [7, 11) is 0. The van der Waals surface area contributed by atoms with Crippen LogP contribution in [0.1, 0.15) is 35.1 Å². The Balaban J connectivity index is 2.47. The second kappa shape index (κ2) is 3.84. The van der Waals surface area contributed by atoms with Crippen molar-refractivity contribution in [1.29, 1.82) is 0 Å². The first-order valence-electron chi connectivity index (χ1n) is 5.95. The molecule has 0 aromatic heterocycles. The van der Waals surface area contributed by atoms with Gasteiger partial charge in [-0.05, 0) is 55.9 Å². The second-order valence-corrected chi connectivity index (χ2v) is 5.22. The average Bonchev–Trinajstić information content (AvgIpc) is 3.03. The smallest absolute Gasteiger partial charge is 0.321 e. The molecule has 1 aliphatic rings. The predicted octanol–water partition coefficient (Wildman–Crippen LogP) is 2.06. The van der Waals surface area contributed by atoms with Crippen LogP contribution in [-0.2, 0) is 10.2 Å². The highest BCUT2D eigenvalue weighted by atomic mass is 16.4. The molecule has 0 bridgehead atoms. The first-order valence-corrected chi connectivity index (χ1v) is 5.95. The van der Waals surface area contributed by atoms with Gasteiger partial charge in [0.15, 0.2) is 0 Å². The van der Waals surface area contributed by atoms with Gasteiger partial charge in [0.2, 0.25) is 0 Å². The first-order chi connectivity index (χ1) is 7.88. The van der Waals surface area contributed by atoms with Crippen LogP contribution in [0, 0.1) is 20.8 Å². The van der Waals surface area contributed by atoms with Gasteiger partial charge in [0.25, 0.3) is 0 Å². The molecule has 1 fully saturated rings. The van der Waals surface area contributed by atoms with Crippen LogP contribution < -0.4 is 5.73 Å². The number of aliphatic carboxylic acids is 1. The van der Waals surface area contributed by atoms with Crippen molar-refractivity contribution in [3.8, 4) is 0 Å². The lowest BCUT2D eigenvalue weighted by Crippen LogP contribution is -2.42. The van der Waals surface area contributed by atoms with E-state index in [1.54, 1.807) is 0 Å². The number of hydrogen-bond donors (Lipinski definition) is 2. The Morgan fingerprint density at radius 3 is 2.24 bits per heavy atom. The highest BCUT2D eigenvalue weighted by Crippen LogP contribution is 2.51. The maximum Gasteiger partial charge on any atom is 0.321 e. The fraction of sp³-hybridized carbons (Fsp3) is 0.500. The summed E-state index contributed by atoms with van der Waals surface area (Å²) in [5.41, 5.74) is 10.2. The minimum Gasteiger partial charge on any atom is -0.480 e. The maximum absolute atomic E-state index is 11.1. The zero-order chi connectivity index (χ0) is 12.8. The van der Waals surface area contributed by atoms with Gasteiger partial charge in [0.05, 0.1) is 0 Å². The van der Waals surface area contributed by atoms with E-state index in [9.17, 15) is 4.79 Å². The summed E-state index contributed by atoms with van der Waals surface area (Å²) in [5.74, 6) is -0.903. The van der Waals surface area contributed by atoms with Crippen LogP contribution in [0.3, 0.4) is 0 Å². The van der Waals surface area contributed by atoms with E-state index in [0.717, 1.165) is 24.0 Å². The monoisotopic (exact) mass is 233 g/mol. The summed E-state index contributed by atoms with van der Waals surface area (Å²) in [6.45, 7) is 6.17. The Kier molecular flexibility index (Phi) is 2.74. The van der Waals surface area contributed by atoms with Crippen LogP contribution in [0.4, 0.5) is 0 Å². The van der Waals surface area contributed by atoms with Gasteiger partial charge in [-0.15, -0.1) is 0 Å². The van der Waals surface area contributed by atoms with Gasteiger partial charge < -0.3 is 10.8 Å². The Hall–Kier alpha value is -1.35. The summed E-state index contributed by atoms with van der Waals surface area (Å²) < 4.78 is 0. The summed E-state index contributed by atoms with van der Waals surface area (Å²) in [6.07, 6.45) is 1.76. The van der Waals surface area contributed by atoms with Crippen molar-refractivity contribution in [3.05, 3.63) is 34.4 Å². The van der Waals surface area contributed by atoms with Gasteiger partial charge >= 0.3 is 5.97 Å². The molecule has 17 heavy (non-hydrogen) atoms. The lowest BCUT2D eigenvalue weighted by atomic mass is 9.84. The molecule has 0 aliphatic heterocycles. The molecule has 0 saturated heterocycles. The van der Waals surface area contributed by atoms with E-state index in [0.29, 0.717) is 0 Å². The zero-order valence-corrected chi connectivity index (χ0v) is 10.6. The van der Waals surface area contributed by atoms with Gasteiger partial charge in [-0.3, -0.25) is 4.79 Å². The molecule has 0 amide bonds. The van der Waals surface area contributed by atoms with E-state index in [4.69, 9.17) is 10.8 Å². The lowest BCUT2D eigenvalue weighted by Gasteiger charge is -2.23. The Morgan fingerprint density at radius 1 is 1.24 bits per heavy atom. The number of benzene rings is 1. The molecule has 0 radical (unpaired) electrons. The largest absolute Gasteiger partial charge is 0.480 e. The third-order valence-electron chi connectivity index (χ3n) is 4.03. The molecule has 1 saturated carbocycles. The van der Waals surface area contributed by atoms with E-state index in [2.05, 4.69) is 26.0 Å². The number of hydrogen-bond acceptors (Lipinski definition) is 2. The van der Waals surface area contributed by atoms with Crippen molar-refractivity contribution in [1.82, 2.24) is 0 Å². The molecule has 0 heterocycles. The summed E-state index contributed by atoms with van der Waals surface area (Å²) >= 11 is 0. The topological polar surface area (TPSA) is 63.3 Å². The third kappa shape index (κ3) is 1.84. The van der Waals surface area contributed by atoms with Crippen molar-refractivity contribution in [2.75, 3.05) is 0 Å². The quantitative estimate of drug-likeness (QED) is 0.840. The lowest BCUT2D eigenvalue weighted by molar-refractivity contribution is -0.139. The van der Waals surface area contributed by atoms with Gasteiger partial charge in [-0.25, -0.2) is 0 Å². The highest BCUT2D eigenvalue weighted by molar-refractivity contribution is 5.77. The number of carboxylic acid groups (broad SMARTS) is 1. The molecule has 3 N–H and O–H groups in total. The van der Waals surface area contributed by atoms with Gasteiger partial charge in [-0.1, -0.05) is 12.1 Å². The van der Waals surface area contributed by atoms with Gasteiger partial charge in [0.1, 0.15) is 6.04 Å². The SMILES string of the molecule is Cc1cc(C)c(C2(C(N)C(=O)O)CC2)cc1C. The van der Waals surface area contributed by atoms with Crippen LogP contribution in [0.25, 0.3) is 0 Å². The average molecular weight is 233 g/mol. The Labute approximate surface area is 102 Å². The van der Waals surface area contributed by atoms with Crippen LogP contribution in [0.15, 0.2) is 12.1 Å². The van der Waals surface area contributed by atoms with E-state index in [-0.39, 0.29) is 5.41 Å². The number of carbonyl (C=O) groups is 1. The fourth-order valence-electron chi connectivity index (χ4n) is 2.62. The van der Waals surface area contributed by atoms with Crippen LogP contribution in [0.5, 0.6) is 0 Å². The normalized spacial score (nSPS) is 18.8. The maximum atomic E-state index is 11.1. The molecule has 1 aromatic rings. The molecule has 1 atom stereocenters. The first kappa shape index (κ1) is 12.1. The molecular weight excluding hydrogens is 214 g/mol. The minimum atomic E-state index is -0.903.